The van der Waals surface area contributed by atoms with Crippen LogP contribution in [0.25, 0.3) is 15.9 Å². The molecule has 2 aromatic heterocycles. The molecular formula is C24H24N4OS. The van der Waals surface area contributed by atoms with Crippen LogP contribution in [0.4, 0.5) is 11.4 Å². The Kier molecular flexibility index (Phi) is 5.01. The number of nitrogens with zero attached hydrogens (tertiary/aromatic N) is 3. The second-order valence-corrected chi connectivity index (χ2v) is 8.74. The molecule has 4 aromatic rings. The average Bonchev–Trinajstić information content (AvgIpc) is 3.36. The summed E-state index contributed by atoms with van der Waals surface area (Å²) < 4.78 is 1.92. The summed E-state index contributed by atoms with van der Waals surface area (Å²) in [6.07, 6.45) is 3.83. The maximum Gasteiger partial charge on any atom is 0.265 e. The minimum Gasteiger partial charge on any atom is -0.372 e. The van der Waals surface area contributed by atoms with Crippen molar-refractivity contribution in [3.8, 4) is 5.69 Å². The van der Waals surface area contributed by atoms with E-state index in [1.807, 2.05) is 60.1 Å². The zero-order valence-corrected chi connectivity index (χ0v) is 17.8. The number of para-hydroxylation sites is 1. The molecule has 1 fully saturated rings. The standard InChI is InChI=1S/C24H24N4OS/c1-17-21-16-22(30-24(21)28(26-17)20-8-4-2-5-9-20)23(29)25-18-10-12-19(13-11-18)27-14-6-3-7-15-27/h2,4-5,8-13,16H,3,6-7,14-15H2,1H3,(H,25,29). The van der Waals surface area contributed by atoms with Crippen LogP contribution in [0.15, 0.2) is 60.7 Å². The van der Waals surface area contributed by atoms with E-state index in [0.717, 1.165) is 40.4 Å². The van der Waals surface area contributed by atoms with Gasteiger partial charge in [0.25, 0.3) is 5.91 Å². The molecule has 30 heavy (non-hydrogen) atoms. The van der Waals surface area contributed by atoms with Gasteiger partial charge in [-0.05, 0) is 68.7 Å². The van der Waals surface area contributed by atoms with Gasteiger partial charge in [-0.3, -0.25) is 4.79 Å². The quantitative estimate of drug-likeness (QED) is 0.468. The van der Waals surface area contributed by atoms with Crippen LogP contribution < -0.4 is 10.2 Å². The van der Waals surface area contributed by atoms with Crippen molar-refractivity contribution in [1.82, 2.24) is 9.78 Å². The highest BCUT2D eigenvalue weighted by atomic mass is 32.1. The molecule has 1 N–H and O–H groups in total. The van der Waals surface area contributed by atoms with Crippen molar-refractivity contribution in [3.05, 3.63) is 71.2 Å². The van der Waals surface area contributed by atoms with Crippen molar-refractivity contribution >= 4 is 38.8 Å². The molecule has 1 aliphatic heterocycles. The molecular weight excluding hydrogens is 392 g/mol. The van der Waals surface area contributed by atoms with Crippen LogP contribution in [0.3, 0.4) is 0 Å². The van der Waals surface area contributed by atoms with Crippen LogP contribution in [-0.4, -0.2) is 28.8 Å². The van der Waals surface area contributed by atoms with E-state index >= 15 is 0 Å². The normalized spacial score (nSPS) is 14.2. The number of rotatable bonds is 4. The Morgan fingerprint density at radius 1 is 0.967 bits per heavy atom. The summed E-state index contributed by atoms with van der Waals surface area (Å²) >= 11 is 1.47. The van der Waals surface area contributed by atoms with E-state index in [1.54, 1.807) is 0 Å². The molecule has 5 rings (SSSR count). The third-order valence-electron chi connectivity index (χ3n) is 5.62. The van der Waals surface area contributed by atoms with Crippen LogP contribution in [0.1, 0.15) is 34.6 Å². The fourth-order valence-corrected chi connectivity index (χ4v) is 5.08. The van der Waals surface area contributed by atoms with Gasteiger partial charge in [-0.1, -0.05) is 18.2 Å². The van der Waals surface area contributed by atoms with Crippen molar-refractivity contribution in [1.29, 1.82) is 0 Å². The zero-order valence-electron chi connectivity index (χ0n) is 17.0. The molecule has 5 nitrogen and oxygen atoms in total. The highest BCUT2D eigenvalue weighted by molar-refractivity contribution is 7.20. The number of hydrogen-bond acceptors (Lipinski definition) is 4. The maximum absolute atomic E-state index is 12.9. The second-order valence-electron chi connectivity index (χ2n) is 7.71. The number of anilines is 2. The number of carbonyl (C=O) groups excluding carboxylic acids is 1. The molecule has 2 aromatic carbocycles. The van der Waals surface area contributed by atoms with Crippen molar-refractivity contribution in [2.24, 2.45) is 0 Å². The highest BCUT2D eigenvalue weighted by Crippen LogP contribution is 2.31. The molecule has 0 atom stereocenters. The summed E-state index contributed by atoms with van der Waals surface area (Å²) in [6.45, 7) is 4.21. The second kappa shape index (κ2) is 7.95. The van der Waals surface area contributed by atoms with Gasteiger partial charge in [0, 0.05) is 29.9 Å². The minimum absolute atomic E-state index is 0.0825. The maximum atomic E-state index is 12.9. The molecule has 6 heteroatoms. The van der Waals surface area contributed by atoms with E-state index in [2.05, 4.69) is 27.4 Å². The van der Waals surface area contributed by atoms with Gasteiger partial charge in [0.05, 0.1) is 16.3 Å². The summed E-state index contributed by atoms with van der Waals surface area (Å²) in [5, 5.41) is 8.71. The first-order valence-electron chi connectivity index (χ1n) is 10.4. The van der Waals surface area contributed by atoms with Crippen LogP contribution in [0.2, 0.25) is 0 Å². The molecule has 0 bridgehead atoms. The van der Waals surface area contributed by atoms with Crippen molar-refractivity contribution in [2.75, 3.05) is 23.3 Å². The number of amides is 1. The SMILES string of the molecule is Cc1nn(-c2ccccc2)c2sc(C(=O)Nc3ccc(N4CCCCC4)cc3)cc12. The number of hydrogen-bond donors (Lipinski definition) is 1. The summed E-state index contributed by atoms with van der Waals surface area (Å²) in [4.78, 5) is 17.0. The van der Waals surface area contributed by atoms with Crippen molar-refractivity contribution < 1.29 is 4.79 Å². The lowest BCUT2D eigenvalue weighted by Crippen LogP contribution is -2.29. The molecule has 0 saturated carbocycles. The predicted molar refractivity (Wildman–Crippen MR) is 124 cm³/mol. The van der Waals surface area contributed by atoms with E-state index in [9.17, 15) is 4.79 Å². The Hall–Kier alpha value is -3.12. The van der Waals surface area contributed by atoms with E-state index < -0.39 is 0 Å². The lowest BCUT2D eigenvalue weighted by Gasteiger charge is -2.28. The third kappa shape index (κ3) is 3.59. The van der Waals surface area contributed by atoms with Gasteiger partial charge in [-0.2, -0.15) is 5.10 Å². The van der Waals surface area contributed by atoms with Crippen LogP contribution >= 0.6 is 11.3 Å². The van der Waals surface area contributed by atoms with Gasteiger partial charge in [-0.25, -0.2) is 4.68 Å². The van der Waals surface area contributed by atoms with Crippen LogP contribution in [0, 0.1) is 6.92 Å². The highest BCUT2D eigenvalue weighted by Gasteiger charge is 2.17. The molecule has 1 aliphatic rings. The smallest absolute Gasteiger partial charge is 0.265 e. The molecule has 1 amide bonds. The lowest BCUT2D eigenvalue weighted by atomic mass is 10.1. The number of nitrogens with one attached hydrogen (secondary N) is 1. The number of benzene rings is 2. The number of aromatic nitrogens is 2. The number of carbonyl (C=O) groups is 1. The Labute approximate surface area is 179 Å². The first-order chi connectivity index (χ1) is 14.7. The molecule has 1 saturated heterocycles. The predicted octanol–water partition coefficient (Wildman–Crippen LogP) is 5.64. The monoisotopic (exact) mass is 416 g/mol. The van der Waals surface area contributed by atoms with E-state index in [-0.39, 0.29) is 5.91 Å². The van der Waals surface area contributed by atoms with Gasteiger partial charge in [-0.15, -0.1) is 11.3 Å². The Bertz CT molecular complexity index is 1170. The summed E-state index contributed by atoms with van der Waals surface area (Å²) in [5.74, 6) is -0.0825. The zero-order chi connectivity index (χ0) is 20.5. The topological polar surface area (TPSA) is 50.2 Å². The van der Waals surface area contributed by atoms with Crippen molar-refractivity contribution in [3.63, 3.8) is 0 Å². The first kappa shape index (κ1) is 18.9. The van der Waals surface area contributed by atoms with Crippen LogP contribution in [0.5, 0.6) is 0 Å². The largest absolute Gasteiger partial charge is 0.372 e. The Morgan fingerprint density at radius 2 is 1.70 bits per heavy atom. The average molecular weight is 417 g/mol. The summed E-state index contributed by atoms with van der Waals surface area (Å²) in [7, 11) is 0. The Morgan fingerprint density at radius 3 is 2.43 bits per heavy atom. The number of fused-ring (bicyclic) bond motifs is 1. The molecule has 0 unspecified atom stereocenters. The third-order valence-corrected chi connectivity index (χ3v) is 6.72. The summed E-state index contributed by atoms with van der Waals surface area (Å²) in [5.41, 5.74) is 3.97. The van der Waals surface area contributed by atoms with E-state index in [4.69, 9.17) is 0 Å². The van der Waals surface area contributed by atoms with E-state index in [1.165, 1.54) is 36.3 Å². The Balaban J connectivity index is 1.36. The first-order valence-corrected chi connectivity index (χ1v) is 11.2. The number of thiophene rings is 1. The molecule has 0 radical (unpaired) electrons. The van der Waals surface area contributed by atoms with Gasteiger partial charge < -0.3 is 10.2 Å². The number of piperidine rings is 1. The van der Waals surface area contributed by atoms with Crippen molar-refractivity contribution in [2.45, 2.75) is 26.2 Å². The molecule has 152 valence electrons. The van der Waals surface area contributed by atoms with E-state index in [0.29, 0.717) is 4.88 Å². The lowest BCUT2D eigenvalue weighted by molar-refractivity contribution is 0.103. The van der Waals surface area contributed by atoms with Gasteiger partial charge in [0.2, 0.25) is 0 Å². The minimum atomic E-state index is -0.0825. The van der Waals surface area contributed by atoms with Crippen LogP contribution in [-0.2, 0) is 0 Å². The molecule has 3 heterocycles. The van der Waals surface area contributed by atoms with Gasteiger partial charge in [0.1, 0.15) is 4.83 Å². The van der Waals surface area contributed by atoms with Gasteiger partial charge >= 0.3 is 0 Å². The molecule has 0 aliphatic carbocycles. The fourth-order valence-electron chi connectivity index (χ4n) is 4.00. The molecule has 0 spiro atoms. The number of aryl methyl sites for hydroxylation is 1. The van der Waals surface area contributed by atoms with Gasteiger partial charge in [0.15, 0.2) is 0 Å². The fraction of sp³-hybridized carbons (Fsp3) is 0.250. The summed E-state index contributed by atoms with van der Waals surface area (Å²) in [6, 6.07) is 20.1.